The van der Waals surface area contributed by atoms with Crippen LogP contribution in [0, 0.1) is 11.3 Å². The van der Waals surface area contributed by atoms with E-state index < -0.39 is 21.6 Å². The zero-order chi connectivity index (χ0) is 25.9. The van der Waals surface area contributed by atoms with Crippen molar-refractivity contribution in [1.29, 1.82) is 5.26 Å². The van der Waals surface area contributed by atoms with Gasteiger partial charge in [-0.3, -0.25) is 4.57 Å². The van der Waals surface area contributed by atoms with E-state index in [0.29, 0.717) is 34.7 Å². The number of nitrogens with one attached hydrogen (secondary N) is 1. The number of nitriles is 1. The fourth-order valence-electron chi connectivity index (χ4n) is 4.42. The third-order valence-electron chi connectivity index (χ3n) is 5.96. The number of rotatable bonds is 9. The smallest absolute Gasteiger partial charge is 0.327 e. The number of methoxy groups -OCH3 is 1. The van der Waals surface area contributed by atoms with Crippen LogP contribution in [-0.4, -0.2) is 43.7 Å². The monoisotopic (exact) mass is 505 g/mol. The van der Waals surface area contributed by atoms with E-state index in [4.69, 9.17) is 9.47 Å². The van der Waals surface area contributed by atoms with E-state index in [1.54, 1.807) is 24.3 Å². The summed E-state index contributed by atoms with van der Waals surface area (Å²) in [4.78, 5) is 16.1. The number of H-pyrrole nitrogens is 1. The maximum absolute atomic E-state index is 13.2. The molecule has 186 valence electrons. The number of aromatic nitrogens is 2. The Labute approximate surface area is 209 Å². The van der Waals surface area contributed by atoms with Gasteiger partial charge in [-0.15, -0.1) is 0 Å². The molecule has 3 aromatic carbocycles. The van der Waals surface area contributed by atoms with Crippen molar-refractivity contribution in [2.75, 3.05) is 25.7 Å². The van der Waals surface area contributed by atoms with Gasteiger partial charge in [0, 0.05) is 6.26 Å². The fourth-order valence-corrected chi connectivity index (χ4v) is 5.34. The number of hydrogen-bond acceptors (Lipinski definition) is 6. The van der Waals surface area contributed by atoms with Crippen molar-refractivity contribution in [3.05, 3.63) is 82.3 Å². The first-order chi connectivity index (χ1) is 17.3. The minimum atomic E-state index is -3.46. The van der Waals surface area contributed by atoms with Crippen molar-refractivity contribution in [1.82, 2.24) is 9.55 Å². The Bertz CT molecular complexity index is 1610. The molecule has 9 heteroatoms. The number of imidazole rings is 1. The lowest BCUT2D eigenvalue weighted by Gasteiger charge is -2.20. The molecule has 0 amide bonds. The van der Waals surface area contributed by atoms with Gasteiger partial charge >= 0.3 is 5.69 Å². The Kier molecular flexibility index (Phi) is 7.17. The average molecular weight is 506 g/mol. The lowest BCUT2D eigenvalue weighted by Crippen LogP contribution is -2.28. The summed E-state index contributed by atoms with van der Waals surface area (Å²) in [6.07, 6.45) is 1.42. The van der Waals surface area contributed by atoms with Crippen molar-refractivity contribution in [3.63, 3.8) is 0 Å². The molecule has 0 aliphatic heterocycles. The lowest BCUT2D eigenvalue weighted by atomic mass is 9.97. The predicted octanol–water partition coefficient (Wildman–Crippen LogP) is 4.10. The van der Waals surface area contributed by atoms with Crippen LogP contribution in [-0.2, 0) is 16.3 Å². The Hall–Kier alpha value is -4.03. The molecule has 1 N–H and O–H groups in total. The second-order valence-corrected chi connectivity index (χ2v) is 10.7. The Morgan fingerprint density at radius 3 is 2.56 bits per heavy atom. The molecule has 0 spiro atoms. The number of hydrogen-bond donors (Lipinski definition) is 1. The molecule has 4 rings (SSSR count). The van der Waals surface area contributed by atoms with Crippen LogP contribution in [0.5, 0.6) is 11.5 Å². The first-order valence-corrected chi connectivity index (χ1v) is 13.5. The first kappa shape index (κ1) is 25.1. The van der Waals surface area contributed by atoms with Gasteiger partial charge in [0.1, 0.15) is 9.84 Å². The standard InChI is InChI=1S/C27H27N3O5S/c1-4-35-26-16-20(10-12-25(26)34-2)24(17-36(3,32)33)30-23-11-9-19(15-22(23)29-27(30)31)21-8-6-5-7-18(21)13-14-28/h5-12,15-16,24H,4,13,17H2,1-3H3,(H,29,31). The molecule has 0 aliphatic carbocycles. The number of ether oxygens (including phenoxy) is 2. The average Bonchev–Trinajstić information content (AvgIpc) is 3.17. The second-order valence-electron chi connectivity index (χ2n) is 8.48. The highest BCUT2D eigenvalue weighted by molar-refractivity contribution is 7.90. The summed E-state index contributed by atoms with van der Waals surface area (Å²) in [6, 6.07) is 19.7. The zero-order valence-corrected chi connectivity index (χ0v) is 21.1. The van der Waals surface area contributed by atoms with E-state index in [0.717, 1.165) is 22.9 Å². The van der Waals surface area contributed by atoms with Gasteiger partial charge in [0.15, 0.2) is 11.5 Å². The van der Waals surface area contributed by atoms with Crippen molar-refractivity contribution >= 4 is 20.9 Å². The third kappa shape index (κ3) is 5.14. The van der Waals surface area contributed by atoms with Gasteiger partial charge < -0.3 is 14.5 Å². The van der Waals surface area contributed by atoms with E-state index in [-0.39, 0.29) is 12.2 Å². The van der Waals surface area contributed by atoms with Crippen LogP contribution < -0.4 is 15.2 Å². The molecule has 1 unspecified atom stereocenters. The summed E-state index contributed by atoms with van der Waals surface area (Å²) in [6.45, 7) is 2.25. The van der Waals surface area contributed by atoms with E-state index in [9.17, 15) is 18.5 Å². The number of benzene rings is 3. The van der Waals surface area contributed by atoms with Crippen LogP contribution >= 0.6 is 0 Å². The molecule has 0 saturated heterocycles. The largest absolute Gasteiger partial charge is 0.493 e. The molecule has 1 atom stereocenters. The molecule has 36 heavy (non-hydrogen) atoms. The number of fused-ring (bicyclic) bond motifs is 1. The van der Waals surface area contributed by atoms with Crippen molar-refractivity contribution in [3.8, 4) is 28.7 Å². The summed E-state index contributed by atoms with van der Waals surface area (Å²) in [5.41, 5.74) is 3.97. The molecule has 0 bridgehead atoms. The maximum atomic E-state index is 13.2. The van der Waals surface area contributed by atoms with E-state index >= 15 is 0 Å². The molecule has 0 saturated carbocycles. The van der Waals surface area contributed by atoms with Gasteiger partial charge in [0.2, 0.25) is 0 Å². The van der Waals surface area contributed by atoms with Gasteiger partial charge in [0.25, 0.3) is 0 Å². The first-order valence-electron chi connectivity index (χ1n) is 11.4. The highest BCUT2D eigenvalue weighted by Gasteiger charge is 2.25. The topological polar surface area (TPSA) is 114 Å². The minimum absolute atomic E-state index is 0.266. The summed E-state index contributed by atoms with van der Waals surface area (Å²) < 4.78 is 37.4. The van der Waals surface area contributed by atoms with Crippen LogP contribution in [0.25, 0.3) is 22.2 Å². The molecule has 1 heterocycles. The molecular formula is C27H27N3O5S. The van der Waals surface area contributed by atoms with Gasteiger partial charge in [-0.25, -0.2) is 13.2 Å². The molecule has 0 aliphatic rings. The summed E-state index contributed by atoms with van der Waals surface area (Å²) >= 11 is 0. The maximum Gasteiger partial charge on any atom is 0.327 e. The Morgan fingerprint density at radius 2 is 1.86 bits per heavy atom. The van der Waals surface area contributed by atoms with Gasteiger partial charge in [-0.2, -0.15) is 5.26 Å². The van der Waals surface area contributed by atoms with Crippen LogP contribution in [0.15, 0.2) is 65.5 Å². The summed E-state index contributed by atoms with van der Waals surface area (Å²) in [5, 5.41) is 9.18. The molecule has 1 aromatic heterocycles. The molecule has 0 fully saturated rings. The third-order valence-corrected chi connectivity index (χ3v) is 6.88. The highest BCUT2D eigenvalue weighted by Crippen LogP contribution is 2.34. The minimum Gasteiger partial charge on any atom is -0.493 e. The molecular weight excluding hydrogens is 478 g/mol. The molecule has 8 nitrogen and oxygen atoms in total. The van der Waals surface area contributed by atoms with Gasteiger partial charge in [-0.1, -0.05) is 36.4 Å². The second kappa shape index (κ2) is 10.3. The van der Waals surface area contributed by atoms with Crippen molar-refractivity contribution < 1.29 is 17.9 Å². The van der Waals surface area contributed by atoms with E-state index in [1.807, 2.05) is 43.3 Å². The van der Waals surface area contributed by atoms with Gasteiger partial charge in [-0.05, 0) is 53.4 Å². The van der Waals surface area contributed by atoms with Crippen LogP contribution in [0.2, 0.25) is 0 Å². The van der Waals surface area contributed by atoms with Crippen LogP contribution in [0.1, 0.15) is 24.1 Å². The predicted molar refractivity (Wildman–Crippen MR) is 139 cm³/mol. The summed E-state index contributed by atoms with van der Waals surface area (Å²) in [7, 11) is -1.93. The highest BCUT2D eigenvalue weighted by atomic mass is 32.2. The summed E-state index contributed by atoms with van der Waals surface area (Å²) in [5.74, 6) is 0.718. The Morgan fingerprint density at radius 1 is 1.08 bits per heavy atom. The number of sulfone groups is 1. The normalized spacial score (nSPS) is 12.3. The SMILES string of the molecule is CCOc1cc(C(CS(C)(=O)=O)n2c(=O)[nH]c3cc(-c4ccccc4CC#N)ccc32)ccc1OC. The fraction of sp³-hybridized carbons (Fsp3) is 0.259. The van der Waals surface area contributed by atoms with E-state index in [1.165, 1.54) is 11.7 Å². The Balaban J connectivity index is 1.88. The van der Waals surface area contributed by atoms with Crippen LogP contribution in [0.4, 0.5) is 0 Å². The quantitative estimate of drug-likeness (QED) is 0.366. The van der Waals surface area contributed by atoms with Gasteiger partial charge in [0.05, 0.1) is 49.0 Å². The van der Waals surface area contributed by atoms with Crippen molar-refractivity contribution in [2.45, 2.75) is 19.4 Å². The molecule has 0 radical (unpaired) electrons. The lowest BCUT2D eigenvalue weighted by molar-refractivity contribution is 0.310. The number of nitrogens with zero attached hydrogens (tertiary/aromatic N) is 2. The molecule has 4 aromatic rings. The van der Waals surface area contributed by atoms with Crippen LogP contribution in [0.3, 0.4) is 0 Å². The zero-order valence-electron chi connectivity index (χ0n) is 20.3. The van der Waals surface area contributed by atoms with Crippen molar-refractivity contribution in [2.24, 2.45) is 0 Å². The van der Waals surface area contributed by atoms with E-state index in [2.05, 4.69) is 11.1 Å². The number of aromatic amines is 1.